The van der Waals surface area contributed by atoms with Gasteiger partial charge in [0.2, 0.25) is 0 Å². The summed E-state index contributed by atoms with van der Waals surface area (Å²) >= 11 is 0. The van der Waals surface area contributed by atoms with Crippen molar-refractivity contribution >= 4 is 0 Å². The molecule has 1 aliphatic carbocycles. The number of hydrogen-bond donors (Lipinski definition) is 0. The maximum absolute atomic E-state index is 8.70. The van der Waals surface area contributed by atoms with Crippen molar-refractivity contribution in [3.63, 3.8) is 0 Å². The van der Waals surface area contributed by atoms with E-state index in [9.17, 15) is 0 Å². The smallest absolute Gasteiger partial charge is 0.0658 e. The second kappa shape index (κ2) is 3.05. The first-order valence-corrected chi connectivity index (χ1v) is 4.13. The van der Waals surface area contributed by atoms with Crippen LogP contribution in [0, 0.1) is 29.1 Å². The van der Waals surface area contributed by atoms with Crippen molar-refractivity contribution in [2.24, 2.45) is 17.8 Å². The zero-order chi connectivity index (χ0) is 7.56. The fraction of sp³-hybridized carbons (Fsp3) is 0.889. The van der Waals surface area contributed by atoms with E-state index in [1.165, 1.54) is 12.8 Å². The van der Waals surface area contributed by atoms with Gasteiger partial charge in [-0.1, -0.05) is 13.8 Å². The van der Waals surface area contributed by atoms with Crippen molar-refractivity contribution in [1.82, 2.24) is 0 Å². The van der Waals surface area contributed by atoms with E-state index in [0.717, 1.165) is 12.3 Å². The van der Waals surface area contributed by atoms with Gasteiger partial charge in [0.15, 0.2) is 0 Å². The predicted octanol–water partition coefficient (Wildman–Crippen LogP) is 2.58. The number of rotatable bonds is 0. The zero-order valence-electron chi connectivity index (χ0n) is 6.80. The van der Waals surface area contributed by atoms with Crippen molar-refractivity contribution in [3.8, 4) is 6.07 Å². The summed E-state index contributed by atoms with van der Waals surface area (Å²) in [4.78, 5) is 0. The molecule has 0 spiro atoms. The molecule has 1 saturated carbocycles. The van der Waals surface area contributed by atoms with Crippen molar-refractivity contribution < 1.29 is 0 Å². The monoisotopic (exact) mass is 137 g/mol. The van der Waals surface area contributed by atoms with Crippen LogP contribution in [0.1, 0.15) is 33.1 Å². The van der Waals surface area contributed by atoms with Gasteiger partial charge in [-0.15, -0.1) is 0 Å². The molecule has 1 fully saturated rings. The highest BCUT2D eigenvalue weighted by Gasteiger charge is 2.24. The first-order valence-electron chi connectivity index (χ1n) is 4.13. The minimum Gasteiger partial charge on any atom is -0.198 e. The highest BCUT2D eigenvalue weighted by Crippen LogP contribution is 2.32. The Balaban J connectivity index is 2.45. The molecule has 3 unspecified atom stereocenters. The Labute approximate surface area is 63.0 Å². The van der Waals surface area contributed by atoms with Gasteiger partial charge in [-0.05, 0) is 31.1 Å². The minimum absolute atomic E-state index is 0.344. The molecule has 0 radical (unpaired) electrons. The van der Waals surface area contributed by atoms with Gasteiger partial charge in [0.25, 0.3) is 0 Å². The van der Waals surface area contributed by atoms with E-state index in [2.05, 4.69) is 19.9 Å². The van der Waals surface area contributed by atoms with Gasteiger partial charge in [0, 0.05) is 5.92 Å². The van der Waals surface area contributed by atoms with Gasteiger partial charge < -0.3 is 0 Å². The van der Waals surface area contributed by atoms with Gasteiger partial charge >= 0.3 is 0 Å². The molecule has 0 amide bonds. The Morgan fingerprint density at radius 3 is 2.50 bits per heavy atom. The maximum atomic E-state index is 8.70. The fourth-order valence-electron chi connectivity index (χ4n) is 1.86. The molecule has 0 aromatic heterocycles. The molecule has 0 N–H and O–H groups in total. The molecule has 0 bridgehead atoms. The summed E-state index contributed by atoms with van der Waals surface area (Å²) in [5.74, 6) is 1.82. The molecule has 1 aliphatic rings. The molecule has 0 heterocycles. The largest absolute Gasteiger partial charge is 0.198 e. The molecular weight excluding hydrogens is 122 g/mol. The van der Waals surface area contributed by atoms with Gasteiger partial charge in [0.05, 0.1) is 6.07 Å². The molecular formula is C9H15N. The van der Waals surface area contributed by atoms with Crippen LogP contribution in [0.4, 0.5) is 0 Å². The summed E-state index contributed by atoms with van der Waals surface area (Å²) < 4.78 is 0. The fourth-order valence-corrected chi connectivity index (χ4v) is 1.86. The van der Waals surface area contributed by atoms with Crippen LogP contribution in [-0.2, 0) is 0 Å². The standard InChI is InChI=1S/C9H15N/c1-7-3-4-9(6-10)8(2)5-7/h7-9H,3-5H2,1-2H3. The average molecular weight is 137 g/mol. The number of hydrogen-bond acceptors (Lipinski definition) is 1. The molecule has 0 aromatic rings. The summed E-state index contributed by atoms with van der Waals surface area (Å²) in [5, 5.41) is 8.70. The van der Waals surface area contributed by atoms with Gasteiger partial charge in [-0.25, -0.2) is 0 Å². The average Bonchev–Trinajstić information content (AvgIpc) is 1.88. The molecule has 1 nitrogen and oxygen atoms in total. The Bertz CT molecular complexity index is 145. The molecule has 1 rings (SSSR count). The van der Waals surface area contributed by atoms with E-state index in [0.29, 0.717) is 11.8 Å². The highest BCUT2D eigenvalue weighted by atomic mass is 14.3. The summed E-state index contributed by atoms with van der Waals surface area (Å²) in [7, 11) is 0. The van der Waals surface area contributed by atoms with Crippen LogP contribution in [0.5, 0.6) is 0 Å². The van der Waals surface area contributed by atoms with Crippen molar-refractivity contribution in [2.45, 2.75) is 33.1 Å². The lowest BCUT2D eigenvalue weighted by Gasteiger charge is -2.27. The Hall–Kier alpha value is -0.510. The number of nitriles is 1. The molecule has 3 atom stereocenters. The SMILES string of the molecule is CC1CCC(C#N)C(C)C1. The van der Waals surface area contributed by atoms with Crippen LogP contribution in [-0.4, -0.2) is 0 Å². The van der Waals surface area contributed by atoms with Gasteiger partial charge in [-0.3, -0.25) is 0 Å². The van der Waals surface area contributed by atoms with Crippen molar-refractivity contribution in [1.29, 1.82) is 5.26 Å². The topological polar surface area (TPSA) is 23.8 Å². The first kappa shape index (κ1) is 7.60. The van der Waals surface area contributed by atoms with E-state index in [-0.39, 0.29) is 0 Å². The first-order chi connectivity index (χ1) is 4.74. The van der Waals surface area contributed by atoms with Gasteiger partial charge in [-0.2, -0.15) is 5.26 Å². The molecule has 0 aliphatic heterocycles. The van der Waals surface area contributed by atoms with E-state index in [1.807, 2.05) is 0 Å². The molecule has 0 saturated heterocycles. The second-order valence-electron chi connectivity index (χ2n) is 3.63. The van der Waals surface area contributed by atoms with Crippen LogP contribution in [0.15, 0.2) is 0 Å². The van der Waals surface area contributed by atoms with E-state index >= 15 is 0 Å². The maximum Gasteiger partial charge on any atom is 0.0658 e. The third-order valence-corrected chi connectivity index (χ3v) is 2.60. The Morgan fingerprint density at radius 1 is 1.30 bits per heavy atom. The summed E-state index contributed by atoms with van der Waals surface area (Å²) in [5.41, 5.74) is 0. The van der Waals surface area contributed by atoms with Crippen LogP contribution in [0.25, 0.3) is 0 Å². The molecule has 0 aromatic carbocycles. The van der Waals surface area contributed by atoms with Crippen LogP contribution >= 0.6 is 0 Å². The third-order valence-electron chi connectivity index (χ3n) is 2.60. The Kier molecular flexibility index (Phi) is 2.32. The molecule has 56 valence electrons. The summed E-state index contributed by atoms with van der Waals surface area (Å²) in [6.45, 7) is 4.48. The van der Waals surface area contributed by atoms with Crippen LogP contribution in [0.3, 0.4) is 0 Å². The minimum atomic E-state index is 0.344. The van der Waals surface area contributed by atoms with Crippen molar-refractivity contribution in [3.05, 3.63) is 0 Å². The normalized spacial score (nSPS) is 40.7. The second-order valence-corrected chi connectivity index (χ2v) is 3.63. The molecule has 1 heteroatoms. The lowest BCUT2D eigenvalue weighted by atomic mass is 9.76. The van der Waals surface area contributed by atoms with Crippen molar-refractivity contribution in [2.75, 3.05) is 0 Å². The lowest BCUT2D eigenvalue weighted by molar-refractivity contribution is 0.248. The quantitative estimate of drug-likeness (QED) is 0.503. The summed E-state index contributed by atoms with van der Waals surface area (Å²) in [6.07, 6.45) is 3.62. The molecule has 10 heavy (non-hydrogen) atoms. The third kappa shape index (κ3) is 1.50. The van der Waals surface area contributed by atoms with E-state index in [1.54, 1.807) is 0 Å². The highest BCUT2D eigenvalue weighted by molar-refractivity contribution is 4.90. The zero-order valence-corrected chi connectivity index (χ0v) is 6.80. The predicted molar refractivity (Wildman–Crippen MR) is 41.3 cm³/mol. The van der Waals surface area contributed by atoms with Crippen LogP contribution in [0.2, 0.25) is 0 Å². The number of nitrogens with zero attached hydrogens (tertiary/aromatic N) is 1. The Morgan fingerprint density at radius 2 is 2.00 bits per heavy atom. The van der Waals surface area contributed by atoms with Gasteiger partial charge in [0.1, 0.15) is 0 Å². The van der Waals surface area contributed by atoms with E-state index < -0.39 is 0 Å². The van der Waals surface area contributed by atoms with Crippen LogP contribution < -0.4 is 0 Å². The van der Waals surface area contributed by atoms with E-state index in [4.69, 9.17) is 5.26 Å². The summed E-state index contributed by atoms with van der Waals surface area (Å²) in [6, 6.07) is 2.37. The lowest BCUT2D eigenvalue weighted by Crippen LogP contribution is -2.19.